The summed E-state index contributed by atoms with van der Waals surface area (Å²) in [7, 11) is 0. The van der Waals surface area contributed by atoms with Crippen LogP contribution >= 0.6 is 0 Å². The molecule has 4 aromatic heterocycles. The number of hydrogen-bond acceptors (Lipinski definition) is 7. The molecule has 0 bridgehead atoms. The highest BCUT2D eigenvalue weighted by atomic mass is 15.4. The van der Waals surface area contributed by atoms with Gasteiger partial charge in [0.15, 0.2) is 0 Å². The predicted octanol–water partition coefficient (Wildman–Crippen LogP) is 1.34. The van der Waals surface area contributed by atoms with E-state index in [1.807, 2.05) is 29.8 Å². The van der Waals surface area contributed by atoms with Crippen LogP contribution in [0.2, 0.25) is 0 Å². The molecule has 5 heterocycles. The van der Waals surface area contributed by atoms with Crippen molar-refractivity contribution >= 4 is 17.4 Å². The number of nitrogens with zero attached hydrogens (tertiary/aromatic N) is 9. The van der Waals surface area contributed by atoms with E-state index >= 15 is 0 Å². The maximum atomic E-state index is 4.79. The third-order valence-electron chi connectivity index (χ3n) is 4.78. The van der Waals surface area contributed by atoms with E-state index in [0.29, 0.717) is 5.78 Å². The van der Waals surface area contributed by atoms with Gasteiger partial charge in [0, 0.05) is 50.3 Å². The number of aryl methyl sites for hydroxylation is 1. The molecular weight excluding hydrogens is 342 g/mol. The summed E-state index contributed by atoms with van der Waals surface area (Å²) in [6, 6.07) is 8.15. The van der Waals surface area contributed by atoms with Gasteiger partial charge in [-0.2, -0.15) is 14.6 Å². The fourth-order valence-electron chi connectivity index (χ4n) is 3.43. The Balaban J connectivity index is 1.36. The number of anilines is 2. The van der Waals surface area contributed by atoms with Gasteiger partial charge >= 0.3 is 0 Å². The highest BCUT2D eigenvalue weighted by Gasteiger charge is 2.21. The third-order valence-corrected chi connectivity index (χ3v) is 4.78. The minimum absolute atomic E-state index is 0.641. The largest absolute Gasteiger partial charge is 0.353 e. The third kappa shape index (κ3) is 2.86. The lowest BCUT2D eigenvalue weighted by Crippen LogP contribution is -2.47. The zero-order chi connectivity index (χ0) is 18.2. The second kappa shape index (κ2) is 6.35. The maximum absolute atomic E-state index is 4.79. The fraction of sp³-hybridized carbons (Fsp3) is 0.278. The molecule has 0 radical (unpaired) electrons. The van der Waals surface area contributed by atoms with Gasteiger partial charge in [0.1, 0.15) is 30.1 Å². The maximum Gasteiger partial charge on any atom is 0.254 e. The molecule has 9 heteroatoms. The van der Waals surface area contributed by atoms with E-state index < -0.39 is 0 Å². The number of pyridine rings is 1. The second-order valence-electron chi connectivity index (χ2n) is 6.53. The van der Waals surface area contributed by atoms with Gasteiger partial charge in [-0.1, -0.05) is 6.07 Å². The van der Waals surface area contributed by atoms with Crippen LogP contribution in [0.5, 0.6) is 0 Å². The SMILES string of the molecule is Cc1cc(N2CCN(c3cccc(-n4ccnc4)n3)CC2)n2ncnc2n1. The number of hydrogen-bond donors (Lipinski definition) is 0. The molecule has 5 rings (SSSR count). The highest BCUT2D eigenvalue weighted by Crippen LogP contribution is 2.21. The molecular formula is C18H19N9. The smallest absolute Gasteiger partial charge is 0.254 e. The average Bonchev–Trinajstić information content (AvgIpc) is 3.39. The first-order valence-electron chi connectivity index (χ1n) is 8.90. The lowest BCUT2D eigenvalue weighted by molar-refractivity contribution is 0.632. The molecule has 1 aliphatic heterocycles. The van der Waals surface area contributed by atoms with E-state index in [0.717, 1.165) is 49.3 Å². The van der Waals surface area contributed by atoms with Crippen molar-refractivity contribution < 1.29 is 0 Å². The predicted molar refractivity (Wildman–Crippen MR) is 101 cm³/mol. The van der Waals surface area contributed by atoms with E-state index in [4.69, 9.17) is 4.98 Å². The van der Waals surface area contributed by atoms with Crippen molar-refractivity contribution in [1.29, 1.82) is 0 Å². The Labute approximate surface area is 155 Å². The molecule has 1 saturated heterocycles. The van der Waals surface area contributed by atoms with Gasteiger partial charge in [0.2, 0.25) is 0 Å². The molecule has 0 spiro atoms. The Bertz CT molecular complexity index is 1060. The molecule has 1 fully saturated rings. The van der Waals surface area contributed by atoms with Gasteiger partial charge in [-0.05, 0) is 19.1 Å². The van der Waals surface area contributed by atoms with Gasteiger partial charge in [-0.25, -0.2) is 15.0 Å². The number of imidazole rings is 1. The summed E-state index contributed by atoms with van der Waals surface area (Å²) in [5.74, 6) is 3.54. The van der Waals surface area contributed by atoms with Gasteiger partial charge < -0.3 is 9.80 Å². The Morgan fingerprint density at radius 2 is 1.78 bits per heavy atom. The lowest BCUT2D eigenvalue weighted by Gasteiger charge is -2.36. The first-order chi connectivity index (χ1) is 13.3. The van der Waals surface area contributed by atoms with E-state index in [2.05, 4.69) is 42.0 Å². The molecule has 136 valence electrons. The molecule has 27 heavy (non-hydrogen) atoms. The average molecular weight is 361 g/mol. The number of rotatable bonds is 3. The van der Waals surface area contributed by atoms with Crippen molar-refractivity contribution in [1.82, 2.24) is 34.1 Å². The van der Waals surface area contributed by atoms with Crippen LogP contribution in [0.4, 0.5) is 11.6 Å². The van der Waals surface area contributed by atoms with Crippen LogP contribution < -0.4 is 9.80 Å². The van der Waals surface area contributed by atoms with Gasteiger partial charge in [0.25, 0.3) is 5.78 Å². The summed E-state index contributed by atoms with van der Waals surface area (Å²) in [5, 5.41) is 4.32. The Hall–Kier alpha value is -3.49. The standard InChI is InChI=1S/C18H19N9/c1-14-11-17(27-18(22-14)20-12-21-27)25-9-7-24(8-10-25)15-3-2-4-16(23-15)26-6-5-19-13-26/h2-6,11-13H,7-10H2,1H3. The molecule has 0 N–H and O–H groups in total. The molecule has 0 saturated carbocycles. The van der Waals surface area contributed by atoms with Crippen molar-refractivity contribution in [3.63, 3.8) is 0 Å². The van der Waals surface area contributed by atoms with Crippen LogP contribution in [-0.4, -0.2) is 60.3 Å². The molecule has 1 aliphatic rings. The molecule has 9 nitrogen and oxygen atoms in total. The zero-order valence-corrected chi connectivity index (χ0v) is 15.0. The number of aromatic nitrogens is 7. The van der Waals surface area contributed by atoms with Crippen LogP contribution in [0.15, 0.2) is 49.3 Å². The van der Waals surface area contributed by atoms with Gasteiger partial charge in [0.05, 0.1) is 0 Å². The van der Waals surface area contributed by atoms with Crippen LogP contribution in [0.25, 0.3) is 11.6 Å². The van der Waals surface area contributed by atoms with Crippen molar-refractivity contribution in [2.75, 3.05) is 36.0 Å². The van der Waals surface area contributed by atoms with Crippen molar-refractivity contribution in [2.24, 2.45) is 0 Å². The van der Waals surface area contributed by atoms with Crippen LogP contribution in [0.3, 0.4) is 0 Å². The summed E-state index contributed by atoms with van der Waals surface area (Å²) >= 11 is 0. The molecule has 4 aromatic rings. The van der Waals surface area contributed by atoms with Gasteiger partial charge in [-0.15, -0.1) is 0 Å². The first-order valence-corrected chi connectivity index (χ1v) is 8.90. The quantitative estimate of drug-likeness (QED) is 0.545. The Morgan fingerprint density at radius 1 is 0.963 bits per heavy atom. The van der Waals surface area contributed by atoms with Crippen LogP contribution in [0, 0.1) is 6.92 Å². The molecule has 0 amide bonds. The van der Waals surface area contributed by atoms with E-state index in [9.17, 15) is 0 Å². The van der Waals surface area contributed by atoms with Crippen molar-refractivity contribution in [3.05, 3.63) is 55.0 Å². The van der Waals surface area contributed by atoms with E-state index in [1.165, 1.54) is 0 Å². The van der Waals surface area contributed by atoms with Crippen LogP contribution in [-0.2, 0) is 0 Å². The van der Waals surface area contributed by atoms with Crippen LogP contribution in [0.1, 0.15) is 5.69 Å². The zero-order valence-electron chi connectivity index (χ0n) is 15.0. The Morgan fingerprint density at radius 3 is 2.59 bits per heavy atom. The molecule has 0 unspecified atom stereocenters. The molecule has 0 atom stereocenters. The normalized spacial score (nSPS) is 14.9. The summed E-state index contributed by atoms with van der Waals surface area (Å²) in [6.07, 6.45) is 6.97. The fourth-order valence-corrected chi connectivity index (χ4v) is 3.43. The minimum atomic E-state index is 0.641. The second-order valence-corrected chi connectivity index (χ2v) is 6.53. The van der Waals surface area contributed by atoms with E-state index in [1.54, 1.807) is 23.4 Å². The van der Waals surface area contributed by atoms with Crippen molar-refractivity contribution in [3.8, 4) is 5.82 Å². The molecule has 0 aliphatic carbocycles. The summed E-state index contributed by atoms with van der Waals surface area (Å²) in [6.45, 7) is 5.53. The topological polar surface area (TPSA) is 80.3 Å². The molecule has 0 aromatic carbocycles. The number of fused-ring (bicyclic) bond motifs is 1. The summed E-state index contributed by atoms with van der Waals surface area (Å²) < 4.78 is 3.72. The minimum Gasteiger partial charge on any atom is -0.353 e. The van der Waals surface area contributed by atoms with Gasteiger partial charge in [-0.3, -0.25) is 4.57 Å². The monoisotopic (exact) mass is 361 g/mol. The summed E-state index contributed by atoms with van der Waals surface area (Å²) in [4.78, 5) is 22.2. The number of piperazine rings is 1. The summed E-state index contributed by atoms with van der Waals surface area (Å²) in [5.41, 5.74) is 0.947. The van der Waals surface area contributed by atoms with E-state index in [-0.39, 0.29) is 0 Å². The highest BCUT2D eigenvalue weighted by molar-refractivity contribution is 5.50. The first kappa shape index (κ1) is 15.7. The Kier molecular flexibility index (Phi) is 3.70. The van der Waals surface area contributed by atoms with Crippen molar-refractivity contribution in [2.45, 2.75) is 6.92 Å². The lowest BCUT2D eigenvalue weighted by atomic mass is 10.3.